The third-order valence-electron chi connectivity index (χ3n) is 5.00. The number of nitrogens with zero attached hydrogens (tertiary/aromatic N) is 4. The Morgan fingerprint density at radius 3 is 2.68 bits per heavy atom. The lowest BCUT2D eigenvalue weighted by Gasteiger charge is -2.05. The normalized spacial score (nSPS) is 11.0. The minimum absolute atomic E-state index is 0.119. The average molecular weight is 450 g/mol. The van der Waals surface area contributed by atoms with Gasteiger partial charge in [-0.25, -0.2) is 4.98 Å². The second kappa shape index (κ2) is 9.03. The number of thiazole rings is 1. The molecule has 31 heavy (non-hydrogen) atoms. The van der Waals surface area contributed by atoms with Gasteiger partial charge in [0.1, 0.15) is 0 Å². The first-order valence-electron chi connectivity index (χ1n) is 9.83. The summed E-state index contributed by atoms with van der Waals surface area (Å²) in [5.41, 5.74) is 6.56. The lowest BCUT2D eigenvalue weighted by atomic mass is 10.1. The van der Waals surface area contributed by atoms with Gasteiger partial charge < -0.3 is 9.88 Å². The first-order valence-corrected chi connectivity index (χ1v) is 11.7. The Bertz CT molecular complexity index is 1240. The van der Waals surface area contributed by atoms with E-state index in [9.17, 15) is 4.79 Å². The number of aromatic nitrogens is 4. The molecule has 0 aliphatic heterocycles. The van der Waals surface area contributed by atoms with Crippen LogP contribution in [0.15, 0.2) is 53.0 Å². The van der Waals surface area contributed by atoms with Crippen LogP contribution in [0, 0.1) is 20.8 Å². The molecule has 6 nitrogen and oxygen atoms in total. The molecular weight excluding hydrogens is 426 g/mol. The maximum Gasteiger partial charge on any atom is 0.236 e. The van der Waals surface area contributed by atoms with Crippen LogP contribution in [-0.2, 0) is 11.8 Å². The minimum atomic E-state index is -0.119. The van der Waals surface area contributed by atoms with E-state index in [4.69, 9.17) is 0 Å². The number of hydrogen-bond acceptors (Lipinski definition) is 6. The van der Waals surface area contributed by atoms with Crippen molar-refractivity contribution in [2.45, 2.75) is 25.9 Å². The van der Waals surface area contributed by atoms with Gasteiger partial charge in [-0.1, -0.05) is 47.7 Å². The van der Waals surface area contributed by atoms with Crippen molar-refractivity contribution in [1.29, 1.82) is 0 Å². The van der Waals surface area contributed by atoms with E-state index in [1.54, 1.807) is 0 Å². The first kappa shape index (κ1) is 21.3. The molecule has 0 aliphatic rings. The van der Waals surface area contributed by atoms with E-state index in [1.807, 2.05) is 42.1 Å². The van der Waals surface area contributed by atoms with Crippen molar-refractivity contribution in [3.8, 4) is 22.6 Å². The molecule has 0 aliphatic carbocycles. The molecule has 4 aromatic rings. The van der Waals surface area contributed by atoms with Gasteiger partial charge in [0.25, 0.3) is 0 Å². The van der Waals surface area contributed by atoms with Crippen LogP contribution in [-0.4, -0.2) is 31.4 Å². The molecule has 8 heteroatoms. The van der Waals surface area contributed by atoms with Crippen LogP contribution in [0.1, 0.15) is 16.7 Å². The maximum atomic E-state index is 12.4. The summed E-state index contributed by atoms with van der Waals surface area (Å²) in [6.45, 7) is 6.22. The fourth-order valence-corrected chi connectivity index (χ4v) is 4.57. The molecule has 1 N–H and O–H groups in total. The highest BCUT2D eigenvalue weighted by atomic mass is 32.2. The Morgan fingerprint density at radius 1 is 1.06 bits per heavy atom. The van der Waals surface area contributed by atoms with Gasteiger partial charge in [0.05, 0.1) is 11.4 Å². The van der Waals surface area contributed by atoms with Crippen molar-refractivity contribution in [1.82, 2.24) is 19.7 Å². The molecule has 0 bridgehead atoms. The molecule has 4 rings (SSSR count). The minimum Gasteiger partial charge on any atom is -0.305 e. The number of carbonyl (C=O) groups is 1. The van der Waals surface area contributed by atoms with Crippen molar-refractivity contribution in [3.05, 3.63) is 64.5 Å². The van der Waals surface area contributed by atoms with E-state index in [0.29, 0.717) is 10.3 Å². The van der Waals surface area contributed by atoms with E-state index < -0.39 is 0 Å². The molecule has 2 aromatic heterocycles. The van der Waals surface area contributed by atoms with E-state index in [2.05, 4.69) is 58.6 Å². The summed E-state index contributed by atoms with van der Waals surface area (Å²) in [4.78, 5) is 17.0. The molecule has 2 aromatic carbocycles. The zero-order valence-electron chi connectivity index (χ0n) is 17.8. The van der Waals surface area contributed by atoms with Gasteiger partial charge in [-0.3, -0.25) is 4.79 Å². The molecule has 0 spiro atoms. The summed E-state index contributed by atoms with van der Waals surface area (Å²) in [5.74, 6) is 0.897. The number of thioether (sulfide) groups is 1. The molecule has 0 radical (unpaired) electrons. The lowest BCUT2D eigenvalue weighted by molar-refractivity contribution is -0.113. The van der Waals surface area contributed by atoms with Crippen LogP contribution in [0.25, 0.3) is 22.6 Å². The molecule has 2 heterocycles. The van der Waals surface area contributed by atoms with E-state index >= 15 is 0 Å². The quantitative estimate of drug-likeness (QED) is 0.407. The molecule has 158 valence electrons. The summed E-state index contributed by atoms with van der Waals surface area (Å²) >= 11 is 2.78. The van der Waals surface area contributed by atoms with Crippen LogP contribution in [0.3, 0.4) is 0 Å². The summed E-state index contributed by atoms with van der Waals surface area (Å²) in [6.07, 6.45) is 0. The smallest absolute Gasteiger partial charge is 0.236 e. The third kappa shape index (κ3) is 4.86. The summed E-state index contributed by atoms with van der Waals surface area (Å²) < 4.78 is 1.91. The predicted molar refractivity (Wildman–Crippen MR) is 128 cm³/mol. The second-order valence-electron chi connectivity index (χ2n) is 7.41. The number of carbonyl (C=O) groups excluding carboxylic acids is 1. The lowest BCUT2D eigenvalue weighted by Crippen LogP contribution is -2.14. The fraction of sp³-hybridized carbons (Fsp3) is 0.217. The van der Waals surface area contributed by atoms with Crippen LogP contribution >= 0.6 is 23.1 Å². The van der Waals surface area contributed by atoms with Gasteiger partial charge >= 0.3 is 0 Å². The van der Waals surface area contributed by atoms with Gasteiger partial charge in [0.15, 0.2) is 16.1 Å². The number of rotatable bonds is 6. The Kier molecular flexibility index (Phi) is 6.20. The van der Waals surface area contributed by atoms with Crippen molar-refractivity contribution in [2.75, 3.05) is 11.1 Å². The third-order valence-corrected chi connectivity index (χ3v) is 6.77. The SMILES string of the molecule is Cc1cccc(-c2nnc(SCC(=O)Nc3nc(-c4ccc(C)c(C)c4)cs3)n2C)c1. The number of anilines is 1. The van der Waals surface area contributed by atoms with Crippen molar-refractivity contribution < 1.29 is 4.79 Å². The summed E-state index contributed by atoms with van der Waals surface area (Å²) in [7, 11) is 1.91. The standard InChI is InChI=1S/C23H23N5OS2/c1-14-6-5-7-18(10-14)21-26-27-23(28(21)4)31-13-20(29)25-22-24-19(12-30-22)17-9-8-15(2)16(3)11-17/h5-12H,13H2,1-4H3,(H,24,25,29). The van der Waals surface area contributed by atoms with Gasteiger partial charge in [0, 0.05) is 23.6 Å². The summed E-state index contributed by atoms with van der Waals surface area (Å²) in [5, 5.41) is 14.7. The van der Waals surface area contributed by atoms with Crippen LogP contribution in [0.4, 0.5) is 5.13 Å². The number of hydrogen-bond donors (Lipinski definition) is 1. The van der Waals surface area contributed by atoms with Gasteiger partial charge in [-0.2, -0.15) is 0 Å². The molecule has 0 unspecified atom stereocenters. The van der Waals surface area contributed by atoms with E-state index in [1.165, 1.54) is 34.2 Å². The number of benzene rings is 2. The molecule has 0 saturated heterocycles. The second-order valence-corrected chi connectivity index (χ2v) is 9.21. The predicted octanol–water partition coefficient (Wildman–Crippen LogP) is 5.26. The number of nitrogens with one attached hydrogen (secondary N) is 1. The Hall–Kier alpha value is -2.97. The molecular formula is C23H23N5OS2. The van der Waals surface area contributed by atoms with Crippen LogP contribution < -0.4 is 5.32 Å². The Balaban J connectivity index is 1.38. The summed E-state index contributed by atoms with van der Waals surface area (Å²) in [6, 6.07) is 14.4. The van der Waals surface area contributed by atoms with Crippen molar-refractivity contribution in [2.24, 2.45) is 7.05 Å². The Labute approximate surface area is 189 Å². The van der Waals surface area contributed by atoms with Gasteiger partial charge in [-0.15, -0.1) is 21.5 Å². The first-order chi connectivity index (χ1) is 14.9. The van der Waals surface area contributed by atoms with E-state index in [0.717, 1.165) is 28.2 Å². The number of amides is 1. The zero-order chi connectivity index (χ0) is 22.0. The van der Waals surface area contributed by atoms with Gasteiger partial charge in [0.2, 0.25) is 5.91 Å². The van der Waals surface area contributed by atoms with Crippen LogP contribution in [0.2, 0.25) is 0 Å². The van der Waals surface area contributed by atoms with E-state index in [-0.39, 0.29) is 11.7 Å². The zero-order valence-corrected chi connectivity index (χ0v) is 19.5. The number of aryl methyl sites for hydroxylation is 3. The largest absolute Gasteiger partial charge is 0.305 e. The van der Waals surface area contributed by atoms with Crippen molar-refractivity contribution in [3.63, 3.8) is 0 Å². The highest BCUT2D eigenvalue weighted by molar-refractivity contribution is 7.99. The van der Waals surface area contributed by atoms with Crippen molar-refractivity contribution >= 4 is 34.1 Å². The Morgan fingerprint density at radius 2 is 1.90 bits per heavy atom. The highest BCUT2D eigenvalue weighted by Gasteiger charge is 2.14. The fourth-order valence-electron chi connectivity index (χ4n) is 3.13. The van der Waals surface area contributed by atoms with Gasteiger partial charge in [-0.05, 0) is 44.0 Å². The molecule has 0 atom stereocenters. The molecule has 1 amide bonds. The van der Waals surface area contributed by atoms with Crippen LogP contribution in [0.5, 0.6) is 0 Å². The topological polar surface area (TPSA) is 72.7 Å². The molecule has 0 saturated carbocycles. The highest BCUT2D eigenvalue weighted by Crippen LogP contribution is 2.27. The maximum absolute atomic E-state index is 12.4. The average Bonchev–Trinajstić information content (AvgIpc) is 3.35. The molecule has 0 fully saturated rings. The monoisotopic (exact) mass is 449 g/mol.